The summed E-state index contributed by atoms with van der Waals surface area (Å²) in [6, 6.07) is 17.1. The van der Waals surface area contributed by atoms with Gasteiger partial charge in [-0.05, 0) is 60.2 Å². The maximum absolute atomic E-state index is 14.0. The molecule has 0 spiro atoms. The smallest absolute Gasteiger partial charge is 0.224 e. The molecule has 3 nitrogen and oxygen atoms in total. The van der Waals surface area contributed by atoms with Gasteiger partial charge < -0.3 is 5.32 Å². The SMILES string of the molecule is C[C@H](NC(=O)C1CC1c1ccccc1F)c1cccc(-c2cccnc2F)c1. The van der Waals surface area contributed by atoms with Crippen molar-refractivity contribution >= 4 is 5.91 Å². The molecule has 1 N–H and O–H groups in total. The second-order valence-corrected chi connectivity index (χ2v) is 7.17. The highest BCUT2D eigenvalue weighted by Gasteiger charge is 2.45. The number of halogens is 2. The van der Waals surface area contributed by atoms with Crippen LogP contribution in [0.2, 0.25) is 0 Å². The summed E-state index contributed by atoms with van der Waals surface area (Å²) in [6.07, 6.45) is 2.06. The molecule has 1 saturated carbocycles. The van der Waals surface area contributed by atoms with E-state index in [1.807, 2.05) is 31.2 Å². The molecule has 1 aliphatic carbocycles. The van der Waals surface area contributed by atoms with Gasteiger partial charge in [-0.3, -0.25) is 4.79 Å². The van der Waals surface area contributed by atoms with Crippen LogP contribution in [0.25, 0.3) is 11.1 Å². The van der Waals surface area contributed by atoms with Crippen molar-refractivity contribution in [2.75, 3.05) is 0 Å². The number of carbonyl (C=O) groups is 1. The Morgan fingerprint density at radius 3 is 2.71 bits per heavy atom. The third-order valence-corrected chi connectivity index (χ3v) is 5.25. The first-order chi connectivity index (χ1) is 13.5. The van der Waals surface area contributed by atoms with E-state index in [0.717, 1.165) is 5.56 Å². The van der Waals surface area contributed by atoms with E-state index in [9.17, 15) is 13.6 Å². The Morgan fingerprint density at radius 2 is 1.93 bits per heavy atom. The third-order valence-electron chi connectivity index (χ3n) is 5.25. The van der Waals surface area contributed by atoms with Gasteiger partial charge in [0, 0.05) is 17.7 Å². The quantitative estimate of drug-likeness (QED) is 0.634. The van der Waals surface area contributed by atoms with Crippen molar-refractivity contribution in [2.24, 2.45) is 5.92 Å². The summed E-state index contributed by atoms with van der Waals surface area (Å²) < 4.78 is 27.9. The van der Waals surface area contributed by atoms with Crippen LogP contribution >= 0.6 is 0 Å². The van der Waals surface area contributed by atoms with E-state index < -0.39 is 5.95 Å². The van der Waals surface area contributed by atoms with Crippen LogP contribution in [0, 0.1) is 17.7 Å². The van der Waals surface area contributed by atoms with Crippen molar-refractivity contribution in [1.29, 1.82) is 0 Å². The molecule has 28 heavy (non-hydrogen) atoms. The Bertz CT molecular complexity index is 1020. The number of amides is 1. The van der Waals surface area contributed by atoms with Gasteiger partial charge in [0.2, 0.25) is 11.9 Å². The summed E-state index contributed by atoms with van der Waals surface area (Å²) in [6.45, 7) is 1.89. The summed E-state index contributed by atoms with van der Waals surface area (Å²) in [5.74, 6) is -1.15. The lowest BCUT2D eigenvalue weighted by molar-refractivity contribution is -0.123. The van der Waals surface area contributed by atoms with Gasteiger partial charge in [0.05, 0.1) is 6.04 Å². The number of nitrogens with one attached hydrogen (secondary N) is 1. The van der Waals surface area contributed by atoms with Crippen molar-refractivity contribution in [3.8, 4) is 11.1 Å². The molecule has 2 aromatic carbocycles. The second kappa shape index (κ2) is 7.50. The van der Waals surface area contributed by atoms with Gasteiger partial charge >= 0.3 is 0 Å². The van der Waals surface area contributed by atoms with Gasteiger partial charge in [0.15, 0.2) is 0 Å². The topological polar surface area (TPSA) is 42.0 Å². The summed E-state index contributed by atoms with van der Waals surface area (Å²) >= 11 is 0. The summed E-state index contributed by atoms with van der Waals surface area (Å²) in [7, 11) is 0. The first kappa shape index (κ1) is 18.3. The van der Waals surface area contributed by atoms with E-state index >= 15 is 0 Å². The number of pyridine rings is 1. The van der Waals surface area contributed by atoms with Crippen LogP contribution in [0.4, 0.5) is 8.78 Å². The van der Waals surface area contributed by atoms with Crippen LogP contribution in [-0.4, -0.2) is 10.9 Å². The van der Waals surface area contributed by atoms with Crippen LogP contribution in [0.15, 0.2) is 66.9 Å². The van der Waals surface area contributed by atoms with Crippen molar-refractivity contribution in [3.63, 3.8) is 0 Å². The van der Waals surface area contributed by atoms with Crippen LogP contribution < -0.4 is 5.32 Å². The van der Waals surface area contributed by atoms with E-state index in [2.05, 4.69) is 10.3 Å². The van der Waals surface area contributed by atoms with Gasteiger partial charge in [-0.2, -0.15) is 4.39 Å². The zero-order valence-corrected chi connectivity index (χ0v) is 15.4. The van der Waals surface area contributed by atoms with Gasteiger partial charge in [0.25, 0.3) is 0 Å². The molecular formula is C23H20F2N2O. The molecule has 0 bridgehead atoms. The highest BCUT2D eigenvalue weighted by atomic mass is 19.1. The minimum Gasteiger partial charge on any atom is -0.349 e. The molecule has 1 aliphatic rings. The lowest BCUT2D eigenvalue weighted by atomic mass is 10.0. The van der Waals surface area contributed by atoms with Crippen LogP contribution in [-0.2, 0) is 4.79 Å². The Balaban J connectivity index is 1.45. The molecule has 5 heteroatoms. The van der Waals surface area contributed by atoms with Crippen molar-refractivity contribution in [3.05, 3.63) is 89.8 Å². The van der Waals surface area contributed by atoms with E-state index in [-0.39, 0.29) is 29.6 Å². The number of aromatic nitrogens is 1. The average molecular weight is 378 g/mol. The fourth-order valence-corrected chi connectivity index (χ4v) is 3.58. The van der Waals surface area contributed by atoms with Gasteiger partial charge in [-0.25, -0.2) is 9.37 Å². The van der Waals surface area contributed by atoms with Crippen LogP contribution in [0.5, 0.6) is 0 Å². The molecule has 1 amide bonds. The number of rotatable bonds is 5. The summed E-state index contributed by atoms with van der Waals surface area (Å²) in [5, 5.41) is 3.00. The number of hydrogen-bond acceptors (Lipinski definition) is 2. The standard InChI is InChI=1S/C23H20F2N2O/c1-14(15-6-4-7-16(12-15)17-9-5-11-26-22(17)25)27-23(28)20-13-19(20)18-8-2-3-10-21(18)24/h2-12,14,19-20H,13H2,1H3,(H,27,28)/t14-,19?,20?/m0/s1. The molecule has 1 heterocycles. The number of carbonyl (C=O) groups excluding carboxylic acids is 1. The zero-order chi connectivity index (χ0) is 19.7. The molecule has 0 radical (unpaired) electrons. The van der Waals surface area contributed by atoms with E-state index in [1.54, 1.807) is 30.3 Å². The predicted molar refractivity (Wildman–Crippen MR) is 103 cm³/mol. The normalized spacial score (nSPS) is 19.1. The largest absolute Gasteiger partial charge is 0.349 e. The molecule has 0 aliphatic heterocycles. The molecular weight excluding hydrogens is 358 g/mol. The minimum absolute atomic E-state index is 0.0655. The first-order valence-electron chi connectivity index (χ1n) is 9.30. The first-order valence-corrected chi connectivity index (χ1v) is 9.30. The van der Waals surface area contributed by atoms with Gasteiger partial charge in [0.1, 0.15) is 5.82 Å². The fraction of sp³-hybridized carbons (Fsp3) is 0.217. The summed E-state index contributed by atoms with van der Waals surface area (Å²) in [5.41, 5.74) is 2.60. The maximum Gasteiger partial charge on any atom is 0.224 e. The Labute approximate surface area is 162 Å². The predicted octanol–water partition coefficient (Wildman–Crippen LogP) is 5.01. The van der Waals surface area contributed by atoms with Crippen LogP contribution in [0.3, 0.4) is 0 Å². The van der Waals surface area contributed by atoms with E-state index in [4.69, 9.17) is 0 Å². The number of nitrogens with zero attached hydrogens (tertiary/aromatic N) is 1. The lowest BCUT2D eigenvalue weighted by Crippen LogP contribution is -2.28. The Kier molecular flexibility index (Phi) is 4.90. The van der Waals surface area contributed by atoms with Crippen molar-refractivity contribution in [2.45, 2.75) is 25.3 Å². The van der Waals surface area contributed by atoms with E-state index in [0.29, 0.717) is 23.1 Å². The van der Waals surface area contributed by atoms with Gasteiger partial charge in [-0.1, -0.05) is 36.4 Å². The average Bonchev–Trinajstić information content (AvgIpc) is 3.49. The van der Waals surface area contributed by atoms with Crippen molar-refractivity contribution < 1.29 is 13.6 Å². The fourth-order valence-electron chi connectivity index (χ4n) is 3.58. The number of benzene rings is 2. The van der Waals surface area contributed by atoms with Gasteiger partial charge in [-0.15, -0.1) is 0 Å². The maximum atomic E-state index is 14.0. The monoisotopic (exact) mass is 378 g/mol. The second-order valence-electron chi connectivity index (χ2n) is 7.17. The minimum atomic E-state index is -0.526. The molecule has 1 fully saturated rings. The van der Waals surface area contributed by atoms with E-state index in [1.165, 1.54) is 12.3 Å². The van der Waals surface area contributed by atoms with Crippen LogP contribution in [0.1, 0.15) is 36.4 Å². The molecule has 0 saturated heterocycles. The third kappa shape index (κ3) is 3.65. The molecule has 2 unspecified atom stereocenters. The Hall–Kier alpha value is -3.08. The van der Waals surface area contributed by atoms with Crippen molar-refractivity contribution in [1.82, 2.24) is 10.3 Å². The molecule has 3 aromatic rings. The Morgan fingerprint density at radius 1 is 1.11 bits per heavy atom. The molecule has 4 rings (SSSR count). The molecule has 142 valence electrons. The highest BCUT2D eigenvalue weighted by molar-refractivity contribution is 5.83. The molecule has 1 aromatic heterocycles. The summed E-state index contributed by atoms with van der Waals surface area (Å²) in [4.78, 5) is 16.3. The highest BCUT2D eigenvalue weighted by Crippen LogP contribution is 2.48. The number of hydrogen-bond donors (Lipinski definition) is 1. The lowest BCUT2D eigenvalue weighted by Gasteiger charge is -2.16. The zero-order valence-electron chi connectivity index (χ0n) is 15.4. The molecule has 3 atom stereocenters.